The van der Waals surface area contributed by atoms with E-state index in [1.807, 2.05) is 0 Å². The third-order valence-corrected chi connectivity index (χ3v) is 8.81. The van der Waals surface area contributed by atoms with Gasteiger partial charge in [0, 0.05) is 18.4 Å². The average molecular weight is 304 g/mol. The maximum Gasteiger partial charge on any atom is 0.138 e. The third-order valence-electron chi connectivity index (χ3n) is 8.81. The molecule has 4 fully saturated rings. The summed E-state index contributed by atoms with van der Waals surface area (Å²) in [5.74, 6) is 3.20. The summed E-state index contributed by atoms with van der Waals surface area (Å²) >= 11 is 0. The Labute approximate surface area is 135 Å². The second-order valence-electron chi connectivity index (χ2n) is 9.85. The van der Waals surface area contributed by atoms with Gasteiger partial charge in [0.2, 0.25) is 0 Å². The minimum Gasteiger partial charge on any atom is -0.396 e. The van der Waals surface area contributed by atoms with Crippen LogP contribution in [0.5, 0.6) is 0 Å². The monoisotopic (exact) mass is 304 g/mol. The maximum absolute atomic E-state index is 12.5. The van der Waals surface area contributed by atoms with Gasteiger partial charge in [-0.1, -0.05) is 20.8 Å². The van der Waals surface area contributed by atoms with Crippen molar-refractivity contribution in [3.05, 3.63) is 0 Å². The minimum absolute atomic E-state index is 0.125. The summed E-state index contributed by atoms with van der Waals surface area (Å²) in [6.45, 7) is 7.34. The highest BCUT2D eigenvalue weighted by molar-refractivity contribution is 5.85. The number of Topliss-reactive ketones (excluding diaryl/α,β-unsaturated/α-hetero) is 1. The molecule has 0 amide bonds. The van der Waals surface area contributed by atoms with Crippen molar-refractivity contribution in [2.24, 2.45) is 39.9 Å². The van der Waals surface area contributed by atoms with Gasteiger partial charge in [-0.05, 0) is 79.4 Å². The fourth-order valence-corrected chi connectivity index (χ4v) is 7.83. The fourth-order valence-electron chi connectivity index (χ4n) is 7.83. The lowest BCUT2D eigenvalue weighted by molar-refractivity contribution is -0.165. The molecule has 1 spiro atoms. The van der Waals surface area contributed by atoms with Crippen LogP contribution >= 0.6 is 0 Å². The van der Waals surface area contributed by atoms with E-state index < -0.39 is 0 Å². The molecule has 4 saturated carbocycles. The van der Waals surface area contributed by atoms with E-state index in [4.69, 9.17) is 0 Å². The lowest BCUT2D eigenvalue weighted by Crippen LogP contribution is -2.58. The molecule has 22 heavy (non-hydrogen) atoms. The Hall–Kier alpha value is -0.370. The van der Waals surface area contributed by atoms with Gasteiger partial charge in [0.05, 0.1) is 0 Å². The van der Waals surface area contributed by atoms with Crippen LogP contribution in [-0.4, -0.2) is 17.5 Å². The number of carbonyl (C=O) groups is 1. The predicted molar refractivity (Wildman–Crippen MR) is 87.3 cm³/mol. The molecule has 4 aliphatic carbocycles. The van der Waals surface area contributed by atoms with Crippen molar-refractivity contribution in [1.29, 1.82) is 0 Å². The number of aliphatic hydroxyl groups is 1. The number of rotatable bonds is 1. The first-order valence-electron chi connectivity index (χ1n) is 9.48. The number of hydrogen-bond donors (Lipinski definition) is 1. The van der Waals surface area contributed by atoms with E-state index in [-0.39, 0.29) is 5.41 Å². The van der Waals surface area contributed by atoms with Gasteiger partial charge in [-0.2, -0.15) is 0 Å². The first-order chi connectivity index (χ1) is 10.3. The van der Waals surface area contributed by atoms with Crippen molar-refractivity contribution in [2.45, 2.75) is 72.1 Å². The summed E-state index contributed by atoms with van der Waals surface area (Å²) in [4.78, 5) is 12.5. The molecule has 1 N–H and O–H groups in total. The van der Waals surface area contributed by atoms with Gasteiger partial charge in [0.1, 0.15) is 5.78 Å². The van der Waals surface area contributed by atoms with Crippen LogP contribution in [0.4, 0.5) is 0 Å². The van der Waals surface area contributed by atoms with Crippen molar-refractivity contribution in [3.63, 3.8) is 0 Å². The van der Waals surface area contributed by atoms with Gasteiger partial charge in [0.25, 0.3) is 0 Å². The molecule has 0 heterocycles. The normalized spacial score (nSPS) is 53.0. The highest BCUT2D eigenvalue weighted by atomic mass is 16.3. The third kappa shape index (κ3) is 1.74. The SMILES string of the molecule is CC1(C)C(=O)CC[C@]2(C)[C@@H]1CC[C@]13C[C@H](CO)[C@@H](CC[C@H]12)C3. The molecule has 0 unspecified atom stereocenters. The van der Waals surface area contributed by atoms with Crippen LogP contribution < -0.4 is 0 Å². The topological polar surface area (TPSA) is 37.3 Å². The molecular formula is C20H32O2. The van der Waals surface area contributed by atoms with Gasteiger partial charge in [-0.15, -0.1) is 0 Å². The first-order valence-corrected chi connectivity index (χ1v) is 9.48. The van der Waals surface area contributed by atoms with E-state index in [0.29, 0.717) is 35.1 Å². The Morgan fingerprint density at radius 1 is 1.05 bits per heavy atom. The van der Waals surface area contributed by atoms with E-state index in [9.17, 15) is 9.90 Å². The van der Waals surface area contributed by atoms with Crippen LogP contribution in [0, 0.1) is 39.9 Å². The van der Waals surface area contributed by atoms with Crippen LogP contribution in [0.1, 0.15) is 72.1 Å². The molecule has 0 aliphatic heterocycles. The lowest BCUT2D eigenvalue weighted by Gasteiger charge is -2.63. The average Bonchev–Trinajstić information content (AvgIpc) is 2.74. The zero-order valence-corrected chi connectivity index (χ0v) is 14.5. The summed E-state index contributed by atoms with van der Waals surface area (Å²) in [5.41, 5.74) is 0.726. The summed E-state index contributed by atoms with van der Waals surface area (Å²) in [7, 11) is 0. The van der Waals surface area contributed by atoms with Crippen LogP contribution in [0.25, 0.3) is 0 Å². The number of hydrogen-bond acceptors (Lipinski definition) is 2. The fraction of sp³-hybridized carbons (Fsp3) is 0.950. The van der Waals surface area contributed by atoms with Gasteiger partial charge in [0.15, 0.2) is 0 Å². The van der Waals surface area contributed by atoms with Crippen molar-refractivity contribution >= 4 is 5.78 Å². The Morgan fingerprint density at radius 3 is 2.55 bits per heavy atom. The molecule has 0 radical (unpaired) electrons. The van der Waals surface area contributed by atoms with Crippen molar-refractivity contribution in [2.75, 3.05) is 6.61 Å². The Kier molecular flexibility index (Phi) is 3.16. The zero-order valence-electron chi connectivity index (χ0n) is 14.5. The van der Waals surface area contributed by atoms with Gasteiger partial charge < -0.3 is 5.11 Å². The minimum atomic E-state index is -0.125. The molecule has 124 valence electrons. The predicted octanol–water partition coefficient (Wildman–Crippen LogP) is 4.21. The number of fused-ring (bicyclic) bond motifs is 3. The smallest absolute Gasteiger partial charge is 0.138 e. The van der Waals surface area contributed by atoms with Crippen molar-refractivity contribution in [1.82, 2.24) is 0 Å². The molecule has 2 bridgehead atoms. The van der Waals surface area contributed by atoms with Crippen molar-refractivity contribution < 1.29 is 9.90 Å². The van der Waals surface area contributed by atoms with E-state index in [1.165, 1.54) is 38.5 Å². The van der Waals surface area contributed by atoms with E-state index in [0.717, 1.165) is 24.7 Å². The second kappa shape index (κ2) is 4.59. The molecule has 2 heteroatoms. The standard InChI is InChI=1S/C20H32O2/c1-18(2)15-6-9-20-10-13(14(11-20)12-21)4-5-16(20)19(15,3)8-7-17(18)22/h13-16,21H,4-12H2,1-3H3/t13-,14+,15+,16-,19+,20-/m0/s1. The Morgan fingerprint density at radius 2 is 1.82 bits per heavy atom. The largest absolute Gasteiger partial charge is 0.396 e. The van der Waals surface area contributed by atoms with Crippen LogP contribution in [0.15, 0.2) is 0 Å². The van der Waals surface area contributed by atoms with Gasteiger partial charge in [-0.3, -0.25) is 4.79 Å². The second-order valence-corrected chi connectivity index (χ2v) is 9.85. The highest BCUT2D eigenvalue weighted by Crippen LogP contribution is 2.71. The summed E-state index contributed by atoms with van der Waals surface area (Å²) < 4.78 is 0. The van der Waals surface area contributed by atoms with E-state index >= 15 is 0 Å². The Balaban J connectivity index is 1.71. The summed E-state index contributed by atoms with van der Waals surface area (Å²) in [5, 5.41) is 9.77. The maximum atomic E-state index is 12.5. The number of ketones is 1. The van der Waals surface area contributed by atoms with E-state index in [2.05, 4.69) is 20.8 Å². The zero-order chi connectivity index (χ0) is 15.8. The quantitative estimate of drug-likeness (QED) is 0.788. The molecule has 6 atom stereocenters. The van der Waals surface area contributed by atoms with E-state index in [1.54, 1.807) is 0 Å². The lowest BCUT2D eigenvalue weighted by atomic mass is 9.41. The Bertz CT molecular complexity index is 496. The molecule has 0 saturated heterocycles. The van der Waals surface area contributed by atoms with Crippen molar-refractivity contribution in [3.8, 4) is 0 Å². The van der Waals surface area contributed by atoms with Gasteiger partial charge >= 0.3 is 0 Å². The molecule has 0 aromatic heterocycles. The summed E-state index contributed by atoms with van der Waals surface area (Å²) in [6.07, 6.45) is 9.72. The molecular weight excluding hydrogens is 272 g/mol. The molecule has 0 aromatic rings. The van der Waals surface area contributed by atoms with Crippen LogP contribution in [0.2, 0.25) is 0 Å². The first kappa shape index (κ1) is 15.2. The van der Waals surface area contributed by atoms with Crippen LogP contribution in [-0.2, 0) is 4.79 Å². The highest BCUT2D eigenvalue weighted by Gasteiger charge is 2.65. The number of carbonyl (C=O) groups excluding carboxylic acids is 1. The molecule has 2 nitrogen and oxygen atoms in total. The number of aliphatic hydroxyl groups excluding tert-OH is 1. The summed E-state index contributed by atoms with van der Waals surface area (Å²) in [6, 6.07) is 0. The molecule has 4 rings (SSSR count). The molecule has 4 aliphatic rings. The molecule has 0 aromatic carbocycles. The van der Waals surface area contributed by atoms with Gasteiger partial charge in [-0.25, -0.2) is 0 Å². The van der Waals surface area contributed by atoms with Crippen LogP contribution in [0.3, 0.4) is 0 Å².